The van der Waals surface area contributed by atoms with Crippen molar-refractivity contribution < 1.29 is 42.8 Å². The second-order valence-corrected chi connectivity index (χ2v) is 5.50. The number of carbonyl (C=O) groups excluding carboxylic acids is 1. The average Bonchev–Trinajstić information content (AvgIpc) is 2.58. The standard InChI is InChI=1S/C15H18F3NO6/c16-15(17,18)14(23)19-10-12(22)11(21)9(6-20)25-13(10)24-7-8-4-2-1-3-5-8/h1-5,9-13,20-22H,6-7H2,(H,19,23)/t9-,10+,11+,12-,13-/m1/s1. The van der Waals surface area contributed by atoms with Gasteiger partial charge in [0.1, 0.15) is 24.4 Å². The minimum atomic E-state index is -5.18. The summed E-state index contributed by atoms with van der Waals surface area (Å²) in [6.07, 6.45) is -11.5. The molecule has 1 saturated heterocycles. The van der Waals surface area contributed by atoms with Crippen molar-refractivity contribution in [2.24, 2.45) is 0 Å². The lowest BCUT2D eigenvalue weighted by Crippen LogP contribution is -2.65. The van der Waals surface area contributed by atoms with E-state index < -0.39 is 49.3 Å². The Morgan fingerprint density at radius 2 is 1.84 bits per heavy atom. The van der Waals surface area contributed by atoms with E-state index >= 15 is 0 Å². The topological polar surface area (TPSA) is 108 Å². The number of rotatable bonds is 5. The van der Waals surface area contributed by atoms with Crippen LogP contribution in [0.3, 0.4) is 0 Å². The molecule has 140 valence electrons. The predicted molar refractivity (Wildman–Crippen MR) is 77.0 cm³/mol. The Hall–Kier alpha value is -1.72. The molecule has 0 aromatic heterocycles. The molecule has 1 aromatic rings. The lowest BCUT2D eigenvalue weighted by molar-refractivity contribution is -0.275. The molecule has 0 spiro atoms. The zero-order valence-corrected chi connectivity index (χ0v) is 12.9. The van der Waals surface area contributed by atoms with Gasteiger partial charge in [-0.1, -0.05) is 30.3 Å². The summed E-state index contributed by atoms with van der Waals surface area (Å²) in [6, 6.07) is 6.92. The number of hydrogen-bond acceptors (Lipinski definition) is 6. The highest BCUT2D eigenvalue weighted by molar-refractivity contribution is 5.82. The summed E-state index contributed by atoms with van der Waals surface area (Å²) >= 11 is 0. The van der Waals surface area contributed by atoms with E-state index in [1.807, 2.05) is 0 Å². The zero-order valence-electron chi connectivity index (χ0n) is 12.9. The van der Waals surface area contributed by atoms with Crippen LogP contribution >= 0.6 is 0 Å². The van der Waals surface area contributed by atoms with Crippen molar-refractivity contribution >= 4 is 5.91 Å². The summed E-state index contributed by atoms with van der Waals surface area (Å²) in [5, 5.41) is 30.5. The molecule has 1 heterocycles. The van der Waals surface area contributed by atoms with Crippen molar-refractivity contribution in [1.82, 2.24) is 5.32 Å². The molecular weight excluding hydrogens is 347 g/mol. The Balaban J connectivity index is 2.13. The van der Waals surface area contributed by atoms with E-state index in [0.717, 1.165) is 0 Å². The number of halogens is 3. The van der Waals surface area contributed by atoms with Gasteiger partial charge in [-0.25, -0.2) is 0 Å². The predicted octanol–water partition coefficient (Wildman–Crippen LogP) is -0.311. The van der Waals surface area contributed by atoms with Crippen LogP contribution < -0.4 is 5.32 Å². The van der Waals surface area contributed by atoms with Gasteiger partial charge in [0.2, 0.25) is 0 Å². The van der Waals surface area contributed by atoms with Gasteiger partial charge in [-0.2, -0.15) is 13.2 Å². The smallest absolute Gasteiger partial charge is 0.394 e. The van der Waals surface area contributed by atoms with Crippen molar-refractivity contribution in [2.45, 2.75) is 43.4 Å². The van der Waals surface area contributed by atoms with E-state index in [9.17, 15) is 28.2 Å². The van der Waals surface area contributed by atoms with E-state index in [1.165, 1.54) is 0 Å². The van der Waals surface area contributed by atoms with Crippen molar-refractivity contribution in [3.05, 3.63) is 35.9 Å². The molecule has 0 aliphatic carbocycles. The Morgan fingerprint density at radius 1 is 1.20 bits per heavy atom. The van der Waals surface area contributed by atoms with Gasteiger partial charge < -0.3 is 30.1 Å². The molecule has 1 fully saturated rings. The second kappa shape index (κ2) is 8.11. The molecule has 0 radical (unpaired) electrons. The monoisotopic (exact) mass is 365 g/mol. The number of carbonyl (C=O) groups is 1. The van der Waals surface area contributed by atoms with Crippen LogP contribution in [0.25, 0.3) is 0 Å². The Morgan fingerprint density at radius 3 is 2.40 bits per heavy atom. The first-order valence-corrected chi connectivity index (χ1v) is 7.39. The number of alkyl halides is 3. The van der Waals surface area contributed by atoms with Gasteiger partial charge in [0.25, 0.3) is 0 Å². The first kappa shape index (κ1) is 19.6. The fraction of sp³-hybridized carbons (Fsp3) is 0.533. The third-order valence-electron chi connectivity index (χ3n) is 3.69. The first-order valence-electron chi connectivity index (χ1n) is 7.39. The Kier molecular flexibility index (Phi) is 6.36. The highest BCUT2D eigenvalue weighted by atomic mass is 19.4. The van der Waals surface area contributed by atoms with Gasteiger partial charge in [0.05, 0.1) is 13.2 Å². The molecule has 25 heavy (non-hydrogen) atoms. The zero-order chi connectivity index (χ0) is 18.6. The number of hydrogen-bond donors (Lipinski definition) is 4. The summed E-state index contributed by atoms with van der Waals surface area (Å²) in [7, 11) is 0. The summed E-state index contributed by atoms with van der Waals surface area (Å²) in [5.74, 6) is -2.30. The highest BCUT2D eigenvalue weighted by Crippen LogP contribution is 2.24. The molecule has 4 N–H and O–H groups in total. The molecule has 1 aliphatic rings. The van der Waals surface area contributed by atoms with Crippen molar-refractivity contribution in [3.63, 3.8) is 0 Å². The molecule has 1 aliphatic heterocycles. The maximum absolute atomic E-state index is 12.5. The summed E-state index contributed by atoms with van der Waals surface area (Å²) in [5.41, 5.74) is 0.674. The average molecular weight is 365 g/mol. The van der Waals surface area contributed by atoms with E-state index in [1.54, 1.807) is 35.6 Å². The number of amides is 1. The van der Waals surface area contributed by atoms with Gasteiger partial charge in [-0.05, 0) is 5.56 Å². The van der Waals surface area contributed by atoms with Crippen LogP contribution in [-0.2, 0) is 20.9 Å². The third-order valence-corrected chi connectivity index (χ3v) is 3.69. The fourth-order valence-corrected chi connectivity index (χ4v) is 2.36. The molecule has 0 bridgehead atoms. The van der Waals surface area contributed by atoms with Crippen LogP contribution in [0.1, 0.15) is 5.56 Å². The van der Waals surface area contributed by atoms with Gasteiger partial charge in [0, 0.05) is 0 Å². The molecule has 1 aromatic carbocycles. The van der Waals surface area contributed by atoms with E-state index in [4.69, 9.17) is 14.6 Å². The number of nitrogens with one attached hydrogen (secondary N) is 1. The van der Waals surface area contributed by atoms with Gasteiger partial charge in [-0.15, -0.1) is 0 Å². The van der Waals surface area contributed by atoms with E-state index in [2.05, 4.69) is 0 Å². The van der Waals surface area contributed by atoms with Crippen molar-refractivity contribution in [1.29, 1.82) is 0 Å². The maximum Gasteiger partial charge on any atom is 0.471 e. The molecule has 2 rings (SSSR count). The molecule has 10 heteroatoms. The minimum absolute atomic E-state index is 0.0785. The molecule has 5 atom stereocenters. The Bertz CT molecular complexity index is 570. The van der Waals surface area contributed by atoms with Crippen LogP contribution in [0.2, 0.25) is 0 Å². The lowest BCUT2D eigenvalue weighted by atomic mass is 9.97. The van der Waals surface area contributed by atoms with E-state index in [0.29, 0.717) is 5.56 Å². The molecule has 0 saturated carbocycles. The first-order chi connectivity index (χ1) is 11.7. The fourth-order valence-electron chi connectivity index (χ4n) is 2.36. The van der Waals surface area contributed by atoms with Crippen molar-refractivity contribution in [3.8, 4) is 0 Å². The van der Waals surface area contributed by atoms with Gasteiger partial charge in [-0.3, -0.25) is 4.79 Å². The van der Waals surface area contributed by atoms with Crippen molar-refractivity contribution in [2.75, 3.05) is 6.61 Å². The summed E-state index contributed by atoms with van der Waals surface area (Å²) in [4.78, 5) is 11.2. The number of aliphatic hydroxyl groups is 3. The molecule has 0 unspecified atom stereocenters. The highest BCUT2D eigenvalue weighted by Gasteiger charge is 2.49. The molecule has 7 nitrogen and oxygen atoms in total. The van der Waals surface area contributed by atoms with Crippen LogP contribution in [-0.4, -0.2) is 64.7 Å². The minimum Gasteiger partial charge on any atom is -0.394 e. The maximum atomic E-state index is 12.5. The Labute approximate surface area is 141 Å². The largest absolute Gasteiger partial charge is 0.471 e. The number of ether oxygens (including phenoxy) is 2. The van der Waals surface area contributed by atoms with Gasteiger partial charge in [0.15, 0.2) is 6.29 Å². The van der Waals surface area contributed by atoms with E-state index in [-0.39, 0.29) is 6.61 Å². The normalized spacial score (nSPS) is 30.1. The third kappa shape index (κ3) is 4.89. The summed E-state index contributed by atoms with van der Waals surface area (Å²) < 4.78 is 48.0. The molecule has 1 amide bonds. The van der Waals surface area contributed by atoms with Crippen LogP contribution in [0.5, 0.6) is 0 Å². The van der Waals surface area contributed by atoms with Crippen LogP contribution in [0, 0.1) is 0 Å². The van der Waals surface area contributed by atoms with Gasteiger partial charge >= 0.3 is 12.1 Å². The molecular formula is C15H18F3NO6. The van der Waals surface area contributed by atoms with Crippen LogP contribution in [0.15, 0.2) is 30.3 Å². The lowest BCUT2D eigenvalue weighted by Gasteiger charge is -2.42. The number of aliphatic hydroxyl groups excluding tert-OH is 3. The summed E-state index contributed by atoms with van der Waals surface area (Å²) in [6.45, 7) is -0.770. The SMILES string of the molecule is O=C(N[C@@H]1[C@H](OCc2ccccc2)O[C@H](CO)[C@H](O)[C@@H]1O)C(F)(F)F. The van der Waals surface area contributed by atoms with Crippen LogP contribution in [0.4, 0.5) is 13.2 Å². The second-order valence-electron chi connectivity index (χ2n) is 5.50. The number of benzene rings is 1. The quantitative estimate of drug-likeness (QED) is 0.570.